The molecule has 6 nitrogen and oxygen atoms in total. The van der Waals surface area contributed by atoms with Crippen LogP contribution in [0.5, 0.6) is 0 Å². The SMILES string of the molecule is Cc1ccc([N+](=O)[O-])c(NCc2ccc(C#N)o2)c1. The quantitative estimate of drug-likeness (QED) is 0.671. The Hall–Kier alpha value is -2.81. The first-order chi connectivity index (χ1) is 9.10. The Kier molecular flexibility index (Phi) is 3.48. The van der Waals surface area contributed by atoms with Crippen LogP contribution in [0.25, 0.3) is 0 Å². The molecule has 0 aliphatic carbocycles. The normalized spacial score (nSPS) is 9.89. The molecule has 6 heteroatoms. The minimum atomic E-state index is -0.440. The maximum Gasteiger partial charge on any atom is 0.292 e. The maximum atomic E-state index is 10.9. The van der Waals surface area contributed by atoms with Crippen molar-refractivity contribution in [3.63, 3.8) is 0 Å². The summed E-state index contributed by atoms with van der Waals surface area (Å²) in [6.45, 7) is 2.14. The first-order valence-electron chi connectivity index (χ1n) is 5.58. The summed E-state index contributed by atoms with van der Waals surface area (Å²) in [5.74, 6) is 0.767. The van der Waals surface area contributed by atoms with E-state index in [1.807, 2.05) is 13.0 Å². The first-order valence-corrected chi connectivity index (χ1v) is 5.58. The van der Waals surface area contributed by atoms with Crippen molar-refractivity contribution in [2.24, 2.45) is 0 Å². The molecular formula is C13H11N3O3. The third-order valence-electron chi connectivity index (χ3n) is 2.57. The summed E-state index contributed by atoms with van der Waals surface area (Å²) in [7, 11) is 0. The fraction of sp³-hybridized carbons (Fsp3) is 0.154. The summed E-state index contributed by atoms with van der Waals surface area (Å²) in [5.41, 5.74) is 1.36. The van der Waals surface area contributed by atoms with Crippen molar-refractivity contribution in [3.8, 4) is 6.07 Å². The van der Waals surface area contributed by atoms with E-state index in [1.165, 1.54) is 6.07 Å². The second-order valence-corrected chi connectivity index (χ2v) is 4.01. The molecular weight excluding hydrogens is 246 g/mol. The van der Waals surface area contributed by atoms with Crippen LogP contribution in [0.2, 0.25) is 0 Å². The molecule has 1 heterocycles. The van der Waals surface area contributed by atoms with Crippen molar-refractivity contribution >= 4 is 11.4 Å². The highest BCUT2D eigenvalue weighted by Crippen LogP contribution is 2.25. The summed E-state index contributed by atoms with van der Waals surface area (Å²) < 4.78 is 5.19. The number of anilines is 1. The largest absolute Gasteiger partial charge is 0.449 e. The number of nitro groups is 1. The number of hydrogen-bond donors (Lipinski definition) is 1. The Bertz CT molecular complexity index is 655. The van der Waals surface area contributed by atoms with E-state index in [4.69, 9.17) is 9.68 Å². The van der Waals surface area contributed by atoms with Crippen molar-refractivity contribution in [3.05, 3.63) is 57.5 Å². The van der Waals surface area contributed by atoms with E-state index >= 15 is 0 Å². The lowest BCUT2D eigenvalue weighted by Gasteiger charge is -2.06. The first kappa shape index (κ1) is 12.6. The lowest BCUT2D eigenvalue weighted by molar-refractivity contribution is -0.384. The van der Waals surface area contributed by atoms with E-state index in [2.05, 4.69) is 5.32 Å². The predicted molar refractivity (Wildman–Crippen MR) is 68.6 cm³/mol. The number of hydrogen-bond acceptors (Lipinski definition) is 5. The number of aryl methyl sites for hydroxylation is 1. The van der Waals surface area contributed by atoms with Gasteiger partial charge >= 0.3 is 0 Å². The Morgan fingerprint density at radius 3 is 2.84 bits per heavy atom. The molecule has 0 saturated carbocycles. The van der Waals surface area contributed by atoms with Gasteiger partial charge in [-0.3, -0.25) is 10.1 Å². The molecule has 1 aromatic carbocycles. The van der Waals surface area contributed by atoms with Gasteiger partial charge in [-0.05, 0) is 30.7 Å². The third kappa shape index (κ3) is 2.90. The van der Waals surface area contributed by atoms with Gasteiger partial charge in [0.25, 0.3) is 5.69 Å². The fourth-order valence-electron chi connectivity index (χ4n) is 1.67. The van der Waals surface area contributed by atoms with Crippen molar-refractivity contribution in [2.45, 2.75) is 13.5 Å². The van der Waals surface area contributed by atoms with Crippen molar-refractivity contribution in [1.82, 2.24) is 0 Å². The Morgan fingerprint density at radius 1 is 1.42 bits per heavy atom. The summed E-state index contributed by atoms with van der Waals surface area (Å²) in [4.78, 5) is 10.5. The van der Waals surface area contributed by atoms with Gasteiger partial charge in [0.2, 0.25) is 5.76 Å². The van der Waals surface area contributed by atoms with Crippen LogP contribution in [-0.2, 0) is 6.54 Å². The van der Waals surface area contributed by atoms with Gasteiger partial charge in [-0.25, -0.2) is 0 Å². The van der Waals surface area contributed by atoms with E-state index in [0.29, 0.717) is 11.4 Å². The lowest BCUT2D eigenvalue weighted by Crippen LogP contribution is -2.02. The minimum Gasteiger partial charge on any atom is -0.449 e. The van der Waals surface area contributed by atoms with Crippen LogP contribution in [0, 0.1) is 28.4 Å². The topological polar surface area (TPSA) is 92.1 Å². The molecule has 1 aromatic heterocycles. The van der Waals surface area contributed by atoms with Crippen LogP contribution in [0.4, 0.5) is 11.4 Å². The van der Waals surface area contributed by atoms with Crippen LogP contribution in [-0.4, -0.2) is 4.92 Å². The van der Waals surface area contributed by atoms with Gasteiger partial charge in [0.05, 0.1) is 11.5 Å². The maximum absolute atomic E-state index is 10.9. The number of rotatable bonds is 4. The van der Waals surface area contributed by atoms with Crippen molar-refractivity contribution in [1.29, 1.82) is 5.26 Å². The van der Waals surface area contributed by atoms with E-state index in [-0.39, 0.29) is 18.0 Å². The summed E-state index contributed by atoms with van der Waals surface area (Å²) >= 11 is 0. The number of benzene rings is 1. The molecule has 0 radical (unpaired) electrons. The molecule has 96 valence electrons. The zero-order valence-electron chi connectivity index (χ0n) is 10.2. The molecule has 0 spiro atoms. The number of nitrogens with one attached hydrogen (secondary N) is 1. The molecule has 2 rings (SSSR count). The summed E-state index contributed by atoms with van der Waals surface area (Å²) in [6.07, 6.45) is 0. The second kappa shape index (κ2) is 5.23. The average molecular weight is 257 g/mol. The van der Waals surface area contributed by atoms with Crippen molar-refractivity contribution in [2.75, 3.05) is 5.32 Å². The lowest BCUT2D eigenvalue weighted by atomic mass is 10.2. The Balaban J connectivity index is 2.17. The van der Waals surface area contributed by atoms with E-state index in [1.54, 1.807) is 24.3 Å². The Morgan fingerprint density at radius 2 is 2.21 bits per heavy atom. The van der Waals surface area contributed by atoms with Crippen LogP contribution in [0.3, 0.4) is 0 Å². The molecule has 0 aliphatic heterocycles. The van der Waals surface area contributed by atoms with Gasteiger partial charge in [-0.2, -0.15) is 5.26 Å². The van der Waals surface area contributed by atoms with Gasteiger partial charge in [0.15, 0.2) is 0 Å². The highest BCUT2D eigenvalue weighted by Gasteiger charge is 2.13. The van der Waals surface area contributed by atoms with E-state index < -0.39 is 4.92 Å². The summed E-state index contributed by atoms with van der Waals surface area (Å²) in [5, 5.41) is 22.5. The van der Waals surface area contributed by atoms with Gasteiger partial charge in [0, 0.05) is 6.07 Å². The molecule has 19 heavy (non-hydrogen) atoms. The van der Waals surface area contributed by atoms with Gasteiger partial charge in [0.1, 0.15) is 17.5 Å². The minimum absolute atomic E-state index is 0.0117. The van der Waals surface area contributed by atoms with Crippen LogP contribution >= 0.6 is 0 Å². The third-order valence-corrected chi connectivity index (χ3v) is 2.57. The molecule has 0 saturated heterocycles. The van der Waals surface area contributed by atoms with Crippen LogP contribution in [0.15, 0.2) is 34.7 Å². The van der Waals surface area contributed by atoms with E-state index in [9.17, 15) is 10.1 Å². The zero-order valence-corrected chi connectivity index (χ0v) is 10.2. The van der Waals surface area contributed by atoms with E-state index in [0.717, 1.165) is 5.56 Å². The summed E-state index contributed by atoms with van der Waals surface area (Å²) in [6, 6.07) is 9.94. The predicted octanol–water partition coefficient (Wildman–Crippen LogP) is 2.98. The molecule has 0 unspecified atom stereocenters. The number of nitro benzene ring substituents is 1. The molecule has 0 fully saturated rings. The molecule has 0 aliphatic rings. The van der Waals surface area contributed by atoms with Gasteiger partial charge < -0.3 is 9.73 Å². The molecule has 0 amide bonds. The second-order valence-electron chi connectivity index (χ2n) is 4.01. The average Bonchev–Trinajstić information content (AvgIpc) is 2.84. The highest BCUT2D eigenvalue weighted by atomic mass is 16.6. The smallest absolute Gasteiger partial charge is 0.292 e. The van der Waals surface area contributed by atoms with Gasteiger partial charge in [-0.1, -0.05) is 6.07 Å². The number of nitriles is 1. The van der Waals surface area contributed by atoms with Crippen molar-refractivity contribution < 1.29 is 9.34 Å². The molecule has 2 aromatic rings. The molecule has 1 N–H and O–H groups in total. The zero-order chi connectivity index (χ0) is 13.8. The standard InChI is InChI=1S/C13H11N3O3/c1-9-2-5-13(16(17)18)12(6-9)15-8-11-4-3-10(7-14)19-11/h2-6,15H,8H2,1H3. The van der Waals surface area contributed by atoms with Gasteiger partial charge in [-0.15, -0.1) is 0 Å². The monoisotopic (exact) mass is 257 g/mol. The number of nitrogens with zero attached hydrogens (tertiary/aromatic N) is 2. The van der Waals surface area contributed by atoms with Crippen LogP contribution < -0.4 is 5.32 Å². The van der Waals surface area contributed by atoms with Crippen LogP contribution in [0.1, 0.15) is 17.1 Å². The number of furan rings is 1. The molecule has 0 bridgehead atoms. The highest BCUT2D eigenvalue weighted by molar-refractivity contribution is 5.62. The molecule has 0 atom stereocenters. The fourth-order valence-corrected chi connectivity index (χ4v) is 1.67. The Labute approximate surface area is 109 Å².